The largest absolute Gasteiger partial charge is 0.457 e. The Morgan fingerprint density at radius 1 is 1.09 bits per heavy atom. The molecule has 1 aliphatic heterocycles. The van der Waals surface area contributed by atoms with E-state index in [-0.39, 0.29) is 16.2 Å². The fraction of sp³-hybridized carbons (Fsp3) is 0.0455. The number of hydrogen-bond acceptors (Lipinski definition) is 6. The summed E-state index contributed by atoms with van der Waals surface area (Å²) < 4.78 is 31.7. The van der Waals surface area contributed by atoms with Crippen molar-refractivity contribution in [3.05, 3.63) is 77.0 Å². The molecule has 0 spiro atoms. The van der Waals surface area contributed by atoms with E-state index in [1.807, 2.05) is 4.72 Å². The first-order chi connectivity index (χ1) is 15.6. The van der Waals surface area contributed by atoms with Crippen LogP contribution in [0.2, 0.25) is 5.02 Å². The van der Waals surface area contributed by atoms with E-state index < -0.39 is 27.7 Å². The van der Waals surface area contributed by atoms with Gasteiger partial charge in [-0.15, -0.1) is 0 Å². The van der Waals surface area contributed by atoms with Crippen LogP contribution in [-0.2, 0) is 24.4 Å². The molecule has 3 amide bonds. The Bertz CT molecular complexity index is 1410. The van der Waals surface area contributed by atoms with E-state index in [1.165, 1.54) is 30.3 Å². The van der Waals surface area contributed by atoms with Crippen molar-refractivity contribution in [1.82, 2.24) is 10.1 Å². The van der Waals surface area contributed by atoms with Gasteiger partial charge in [0.2, 0.25) is 5.91 Å². The predicted molar refractivity (Wildman–Crippen MR) is 120 cm³/mol. The molecular weight excluding hydrogens is 470 g/mol. The minimum atomic E-state index is -3.95. The lowest BCUT2D eigenvalue weighted by atomic mass is 10.2. The lowest BCUT2D eigenvalue weighted by molar-refractivity contribution is -0.118. The van der Waals surface area contributed by atoms with Gasteiger partial charge in [-0.1, -0.05) is 17.7 Å². The molecule has 0 unspecified atom stereocenters. The van der Waals surface area contributed by atoms with Gasteiger partial charge in [0.05, 0.1) is 10.6 Å². The second-order valence-electron chi connectivity index (χ2n) is 7.01. The van der Waals surface area contributed by atoms with Gasteiger partial charge in [0, 0.05) is 17.5 Å². The Kier molecular flexibility index (Phi) is 5.79. The zero-order valence-corrected chi connectivity index (χ0v) is 18.6. The Hall–Kier alpha value is -3.89. The topological polar surface area (TPSA) is 126 Å². The van der Waals surface area contributed by atoms with Crippen LogP contribution >= 0.6 is 11.6 Å². The maximum absolute atomic E-state index is 12.7. The molecule has 33 heavy (non-hydrogen) atoms. The lowest BCUT2D eigenvalue weighted by Crippen LogP contribution is -2.35. The van der Waals surface area contributed by atoms with Crippen molar-refractivity contribution in [2.45, 2.75) is 11.8 Å². The molecule has 0 saturated carbocycles. The summed E-state index contributed by atoms with van der Waals surface area (Å²) in [6, 6.07) is 15.4. The van der Waals surface area contributed by atoms with Crippen LogP contribution < -0.4 is 15.2 Å². The Morgan fingerprint density at radius 2 is 1.82 bits per heavy atom. The van der Waals surface area contributed by atoms with Gasteiger partial charge in [0.1, 0.15) is 17.1 Å². The van der Waals surface area contributed by atoms with E-state index in [9.17, 15) is 22.8 Å². The highest BCUT2D eigenvalue weighted by atomic mass is 35.5. The fourth-order valence-corrected chi connectivity index (χ4v) is 4.30. The van der Waals surface area contributed by atoms with E-state index in [4.69, 9.17) is 16.0 Å². The summed E-state index contributed by atoms with van der Waals surface area (Å²) >= 11 is 5.96. The van der Waals surface area contributed by atoms with Crippen molar-refractivity contribution < 1.29 is 27.2 Å². The highest BCUT2D eigenvalue weighted by Crippen LogP contribution is 2.27. The van der Waals surface area contributed by atoms with Crippen molar-refractivity contribution in [1.29, 1.82) is 0 Å². The third-order valence-corrected chi connectivity index (χ3v) is 6.28. The first-order valence-corrected chi connectivity index (χ1v) is 11.4. The standard InChI is InChI=1S/C22H16ClN3O6S/c1-13(27)25-33(30,31)18-8-5-14(6-9-18)20-10-7-17(32-20)12-19-21(28)24-26(22(19)29)16-4-2-3-15(23)11-16/h2-12H,1H3,(H,24,28)(H,25,27). The Balaban J connectivity index is 1.56. The number of carbonyl (C=O) groups excluding carboxylic acids is 3. The molecule has 11 heteroatoms. The number of furan rings is 1. The van der Waals surface area contributed by atoms with Crippen LogP contribution in [0.15, 0.2) is 75.5 Å². The lowest BCUT2D eigenvalue weighted by Gasteiger charge is -2.14. The highest BCUT2D eigenvalue weighted by Gasteiger charge is 2.34. The first-order valence-electron chi connectivity index (χ1n) is 9.50. The summed E-state index contributed by atoms with van der Waals surface area (Å²) in [6.07, 6.45) is 1.32. The second-order valence-corrected chi connectivity index (χ2v) is 9.13. The molecule has 1 aromatic heterocycles. The number of hydrazine groups is 1. The van der Waals surface area contributed by atoms with Crippen molar-refractivity contribution in [3.8, 4) is 11.3 Å². The summed E-state index contributed by atoms with van der Waals surface area (Å²) in [4.78, 5) is 36.0. The first kappa shape index (κ1) is 22.3. The maximum atomic E-state index is 12.7. The molecule has 2 N–H and O–H groups in total. The quantitative estimate of drug-likeness (QED) is 0.422. The average Bonchev–Trinajstić information content (AvgIpc) is 3.33. The Labute approximate surface area is 193 Å². The van der Waals surface area contributed by atoms with Gasteiger partial charge in [-0.2, -0.15) is 0 Å². The number of nitrogens with zero attached hydrogens (tertiary/aromatic N) is 1. The number of carbonyl (C=O) groups is 3. The van der Waals surface area contributed by atoms with Gasteiger partial charge >= 0.3 is 0 Å². The van der Waals surface area contributed by atoms with Crippen LogP contribution in [0.25, 0.3) is 17.4 Å². The van der Waals surface area contributed by atoms with E-state index in [0.717, 1.165) is 11.9 Å². The molecule has 0 bridgehead atoms. The summed E-state index contributed by atoms with van der Waals surface area (Å²) in [5.41, 5.74) is 3.34. The van der Waals surface area contributed by atoms with Crippen LogP contribution in [-0.4, -0.2) is 26.1 Å². The number of halogens is 1. The molecule has 1 saturated heterocycles. The zero-order chi connectivity index (χ0) is 23.8. The van der Waals surface area contributed by atoms with E-state index in [2.05, 4.69) is 5.43 Å². The minimum absolute atomic E-state index is 0.0790. The number of rotatable bonds is 5. The SMILES string of the molecule is CC(=O)NS(=O)(=O)c1ccc(-c2ccc(C=C3C(=O)NN(c4cccc(Cl)c4)C3=O)o2)cc1. The summed E-state index contributed by atoms with van der Waals surface area (Å²) in [7, 11) is -3.95. The number of amides is 3. The average molecular weight is 486 g/mol. The van der Waals surface area contributed by atoms with Crippen LogP contribution in [0.5, 0.6) is 0 Å². The number of anilines is 1. The van der Waals surface area contributed by atoms with Gasteiger partial charge in [0.25, 0.3) is 21.8 Å². The minimum Gasteiger partial charge on any atom is -0.457 e. The van der Waals surface area contributed by atoms with E-state index in [0.29, 0.717) is 22.0 Å². The molecule has 3 aromatic rings. The van der Waals surface area contributed by atoms with E-state index in [1.54, 1.807) is 36.4 Å². The van der Waals surface area contributed by atoms with Gasteiger partial charge in [0.15, 0.2) is 0 Å². The van der Waals surface area contributed by atoms with Crippen LogP contribution in [0.1, 0.15) is 12.7 Å². The molecule has 1 fully saturated rings. The van der Waals surface area contributed by atoms with Gasteiger partial charge in [-0.05, 0) is 60.7 Å². The number of hydrogen-bond donors (Lipinski definition) is 2. The highest BCUT2D eigenvalue weighted by molar-refractivity contribution is 7.90. The van der Waals surface area contributed by atoms with Gasteiger partial charge in [-0.25, -0.2) is 18.1 Å². The predicted octanol–water partition coefficient (Wildman–Crippen LogP) is 2.89. The van der Waals surface area contributed by atoms with Crippen molar-refractivity contribution in [2.75, 3.05) is 5.01 Å². The normalized spacial score (nSPS) is 15.1. The van der Waals surface area contributed by atoms with Gasteiger partial charge < -0.3 is 4.42 Å². The molecule has 0 radical (unpaired) electrons. The van der Waals surface area contributed by atoms with Crippen molar-refractivity contribution >= 4 is 51.1 Å². The smallest absolute Gasteiger partial charge is 0.282 e. The molecule has 168 valence electrons. The van der Waals surface area contributed by atoms with Crippen LogP contribution in [0.3, 0.4) is 0 Å². The van der Waals surface area contributed by atoms with Crippen LogP contribution in [0, 0.1) is 0 Å². The third kappa shape index (κ3) is 4.66. The molecule has 0 atom stereocenters. The molecule has 1 aliphatic rings. The van der Waals surface area contributed by atoms with Crippen molar-refractivity contribution in [2.24, 2.45) is 0 Å². The molecule has 4 rings (SSSR count). The maximum Gasteiger partial charge on any atom is 0.282 e. The Morgan fingerprint density at radius 3 is 2.48 bits per heavy atom. The number of sulfonamides is 1. The molecule has 0 aliphatic carbocycles. The number of benzene rings is 2. The molecule has 2 heterocycles. The molecule has 2 aromatic carbocycles. The van der Waals surface area contributed by atoms with Crippen LogP contribution in [0.4, 0.5) is 5.69 Å². The molecule has 9 nitrogen and oxygen atoms in total. The van der Waals surface area contributed by atoms with E-state index >= 15 is 0 Å². The number of nitrogens with one attached hydrogen (secondary N) is 2. The second kappa shape index (κ2) is 8.57. The summed E-state index contributed by atoms with van der Waals surface area (Å²) in [5, 5.41) is 1.51. The van der Waals surface area contributed by atoms with Gasteiger partial charge in [-0.3, -0.25) is 19.8 Å². The summed E-state index contributed by atoms with van der Waals surface area (Å²) in [5.74, 6) is -1.20. The summed E-state index contributed by atoms with van der Waals surface area (Å²) in [6.45, 7) is 1.11. The third-order valence-electron chi connectivity index (χ3n) is 4.60. The van der Waals surface area contributed by atoms with Crippen molar-refractivity contribution in [3.63, 3.8) is 0 Å². The fourth-order valence-electron chi connectivity index (χ4n) is 3.13. The monoisotopic (exact) mass is 485 g/mol. The zero-order valence-electron chi connectivity index (χ0n) is 17.0. The molecular formula is C22H16ClN3O6S.